The summed E-state index contributed by atoms with van der Waals surface area (Å²) >= 11 is 0. The van der Waals surface area contributed by atoms with Crippen LogP contribution < -0.4 is 9.80 Å². The molecular formula is C56H56N2. The van der Waals surface area contributed by atoms with Gasteiger partial charge < -0.3 is 9.80 Å². The van der Waals surface area contributed by atoms with Gasteiger partial charge in [0.1, 0.15) is 0 Å². The number of nitrogens with zero attached hydrogens (tertiary/aromatic N) is 2. The number of rotatable bonds is 10. The zero-order valence-electron chi connectivity index (χ0n) is 35.9. The van der Waals surface area contributed by atoms with Crippen LogP contribution in [0.1, 0.15) is 77.9 Å². The lowest BCUT2D eigenvalue weighted by Crippen LogP contribution is -2.11. The molecule has 0 N–H and O–H groups in total. The van der Waals surface area contributed by atoms with Crippen LogP contribution in [-0.4, -0.2) is 0 Å². The van der Waals surface area contributed by atoms with E-state index < -0.39 is 0 Å². The minimum Gasteiger partial charge on any atom is -0.310 e. The quantitative estimate of drug-likeness (QED) is 0.128. The molecule has 0 saturated carbocycles. The van der Waals surface area contributed by atoms with Gasteiger partial charge in [-0.15, -0.1) is 0 Å². The van der Waals surface area contributed by atoms with Crippen molar-refractivity contribution < 1.29 is 0 Å². The Hall–Kier alpha value is -6.38. The molecular weight excluding hydrogens is 701 g/mol. The van der Waals surface area contributed by atoms with E-state index in [-0.39, 0.29) is 0 Å². The fraction of sp³-hybridized carbons (Fsp3) is 0.179. The third kappa shape index (κ3) is 8.77. The molecule has 0 fully saturated rings. The average Bonchev–Trinajstić information content (AvgIpc) is 3.19. The highest BCUT2D eigenvalue weighted by atomic mass is 15.1. The molecule has 0 bridgehead atoms. The number of anilines is 6. The Morgan fingerprint density at radius 2 is 0.621 bits per heavy atom. The van der Waals surface area contributed by atoms with Gasteiger partial charge in [-0.05, 0) is 220 Å². The van der Waals surface area contributed by atoms with E-state index in [1.54, 1.807) is 0 Å². The minimum absolute atomic E-state index is 1.16. The standard InChI is InChI=1S/C56H56N2/c1-37-13-11-15-51(29-37)57(55-31-39(3)45(9)40(4)32-55)53-27-25-49(43(7)35-53)23-21-47-17-19-48(20-18-47)22-24-50-26-28-54(36-44(50)8)58(52-16-12-14-38(2)30-52)56-33-41(5)46(10)42(6)34-56/h11-36H,1-10H3. The highest BCUT2D eigenvalue weighted by molar-refractivity contribution is 5.82. The van der Waals surface area contributed by atoms with Crippen molar-refractivity contribution in [3.05, 3.63) is 211 Å². The summed E-state index contributed by atoms with van der Waals surface area (Å²) in [6, 6.07) is 49.1. The predicted octanol–water partition coefficient (Wildman–Crippen LogP) is 16.1. The van der Waals surface area contributed by atoms with Crippen molar-refractivity contribution in [3.63, 3.8) is 0 Å². The summed E-state index contributed by atoms with van der Waals surface area (Å²) in [5, 5.41) is 0. The Balaban J connectivity index is 1.09. The second-order valence-corrected chi connectivity index (χ2v) is 16.2. The average molecular weight is 757 g/mol. The molecule has 0 atom stereocenters. The summed E-state index contributed by atoms with van der Waals surface area (Å²) in [5.74, 6) is 0. The second kappa shape index (κ2) is 17.0. The summed E-state index contributed by atoms with van der Waals surface area (Å²) in [5.41, 5.74) is 24.6. The molecule has 58 heavy (non-hydrogen) atoms. The molecule has 2 heteroatoms. The van der Waals surface area contributed by atoms with Gasteiger partial charge in [-0.3, -0.25) is 0 Å². The maximum Gasteiger partial charge on any atom is 0.0467 e. The van der Waals surface area contributed by atoms with Crippen molar-refractivity contribution in [1.82, 2.24) is 0 Å². The van der Waals surface area contributed by atoms with E-state index in [1.807, 2.05) is 0 Å². The van der Waals surface area contributed by atoms with Gasteiger partial charge in [-0.2, -0.15) is 0 Å². The van der Waals surface area contributed by atoms with Gasteiger partial charge in [-0.1, -0.05) is 85.0 Å². The van der Waals surface area contributed by atoms with Gasteiger partial charge in [0, 0.05) is 34.1 Å². The predicted molar refractivity (Wildman–Crippen MR) is 254 cm³/mol. The first-order valence-corrected chi connectivity index (χ1v) is 20.4. The van der Waals surface area contributed by atoms with Crippen molar-refractivity contribution in [3.8, 4) is 0 Å². The summed E-state index contributed by atoms with van der Waals surface area (Å²) < 4.78 is 0. The van der Waals surface area contributed by atoms with Gasteiger partial charge in [0.05, 0.1) is 0 Å². The second-order valence-electron chi connectivity index (χ2n) is 16.2. The first kappa shape index (κ1) is 39.8. The molecule has 0 aliphatic carbocycles. The third-order valence-corrected chi connectivity index (χ3v) is 11.7. The van der Waals surface area contributed by atoms with Crippen LogP contribution in [0.25, 0.3) is 24.3 Å². The Bertz CT molecular complexity index is 2440. The van der Waals surface area contributed by atoms with E-state index in [4.69, 9.17) is 0 Å². The Labute approximate surface area is 347 Å². The summed E-state index contributed by atoms with van der Waals surface area (Å²) in [4.78, 5) is 4.75. The molecule has 0 aliphatic rings. The first-order chi connectivity index (χ1) is 27.8. The van der Waals surface area contributed by atoms with Crippen LogP contribution in [0, 0.1) is 69.2 Å². The topological polar surface area (TPSA) is 6.48 Å². The number of hydrogen-bond acceptors (Lipinski definition) is 2. The van der Waals surface area contributed by atoms with Crippen LogP contribution >= 0.6 is 0 Å². The van der Waals surface area contributed by atoms with Crippen LogP contribution in [-0.2, 0) is 0 Å². The van der Waals surface area contributed by atoms with Gasteiger partial charge in [0.15, 0.2) is 0 Å². The molecule has 7 aromatic rings. The molecule has 7 aromatic carbocycles. The maximum absolute atomic E-state index is 2.38. The van der Waals surface area contributed by atoms with E-state index in [1.165, 1.54) is 101 Å². The largest absolute Gasteiger partial charge is 0.310 e. The van der Waals surface area contributed by atoms with Gasteiger partial charge in [0.2, 0.25) is 0 Å². The minimum atomic E-state index is 1.16. The molecule has 0 aromatic heterocycles. The first-order valence-electron chi connectivity index (χ1n) is 20.4. The number of aryl methyl sites for hydroxylation is 8. The fourth-order valence-electron chi connectivity index (χ4n) is 7.77. The van der Waals surface area contributed by atoms with E-state index >= 15 is 0 Å². The van der Waals surface area contributed by atoms with Crippen molar-refractivity contribution in [2.24, 2.45) is 0 Å². The lowest BCUT2D eigenvalue weighted by molar-refractivity contribution is 1.21. The molecule has 0 saturated heterocycles. The van der Waals surface area contributed by atoms with Crippen LogP contribution in [0.2, 0.25) is 0 Å². The Kier molecular flexibility index (Phi) is 11.7. The summed E-state index contributed by atoms with van der Waals surface area (Å²) in [7, 11) is 0. The van der Waals surface area contributed by atoms with E-state index in [9.17, 15) is 0 Å². The molecule has 0 heterocycles. The third-order valence-electron chi connectivity index (χ3n) is 11.7. The molecule has 0 aliphatic heterocycles. The van der Waals surface area contributed by atoms with Crippen molar-refractivity contribution in [1.29, 1.82) is 0 Å². The zero-order valence-corrected chi connectivity index (χ0v) is 35.9. The Morgan fingerprint density at radius 3 is 0.948 bits per heavy atom. The van der Waals surface area contributed by atoms with Crippen LogP contribution in [0.15, 0.2) is 133 Å². The van der Waals surface area contributed by atoms with Gasteiger partial charge in [0.25, 0.3) is 0 Å². The zero-order chi connectivity index (χ0) is 41.1. The fourth-order valence-corrected chi connectivity index (χ4v) is 7.77. The summed E-state index contributed by atoms with van der Waals surface area (Å²) in [6.07, 6.45) is 8.87. The summed E-state index contributed by atoms with van der Waals surface area (Å²) in [6.45, 7) is 22.0. The molecule has 2 nitrogen and oxygen atoms in total. The number of benzene rings is 7. The van der Waals surface area contributed by atoms with Crippen LogP contribution in [0.4, 0.5) is 34.1 Å². The molecule has 0 amide bonds. The van der Waals surface area contributed by atoms with Crippen molar-refractivity contribution in [2.75, 3.05) is 9.80 Å². The highest BCUT2D eigenvalue weighted by Gasteiger charge is 2.17. The van der Waals surface area contributed by atoms with Crippen molar-refractivity contribution in [2.45, 2.75) is 69.2 Å². The molecule has 290 valence electrons. The Morgan fingerprint density at radius 1 is 0.293 bits per heavy atom. The molecule has 0 radical (unpaired) electrons. The van der Waals surface area contributed by atoms with E-state index in [0.29, 0.717) is 0 Å². The normalized spacial score (nSPS) is 11.5. The van der Waals surface area contributed by atoms with Gasteiger partial charge in [-0.25, -0.2) is 0 Å². The van der Waals surface area contributed by atoms with Crippen molar-refractivity contribution >= 4 is 58.4 Å². The molecule has 0 spiro atoms. The smallest absolute Gasteiger partial charge is 0.0467 e. The van der Waals surface area contributed by atoms with E-state index in [2.05, 4.69) is 237 Å². The number of hydrogen-bond donors (Lipinski definition) is 0. The van der Waals surface area contributed by atoms with Crippen LogP contribution in [0.3, 0.4) is 0 Å². The lowest BCUT2D eigenvalue weighted by atomic mass is 10.0. The van der Waals surface area contributed by atoms with E-state index in [0.717, 1.165) is 11.4 Å². The lowest BCUT2D eigenvalue weighted by Gasteiger charge is -2.27. The monoisotopic (exact) mass is 756 g/mol. The van der Waals surface area contributed by atoms with Crippen LogP contribution in [0.5, 0.6) is 0 Å². The van der Waals surface area contributed by atoms with Gasteiger partial charge >= 0.3 is 0 Å². The molecule has 7 rings (SSSR count). The SMILES string of the molecule is Cc1cccc(N(c2ccc(C=Cc3ccc(C=Cc4ccc(N(c5cccc(C)c5)c5cc(C)c(C)c(C)c5)cc4C)cc3)c(C)c2)c2cc(C)c(C)c(C)c2)c1. The highest BCUT2D eigenvalue weighted by Crippen LogP contribution is 2.39. The molecule has 0 unspecified atom stereocenters. The maximum atomic E-state index is 2.38.